The van der Waals surface area contributed by atoms with Crippen molar-refractivity contribution in [3.63, 3.8) is 0 Å². The lowest BCUT2D eigenvalue weighted by atomic mass is 10.1. The van der Waals surface area contributed by atoms with E-state index in [4.69, 9.17) is 0 Å². The van der Waals surface area contributed by atoms with E-state index in [9.17, 15) is 14.7 Å². The molecule has 0 saturated heterocycles. The molecule has 0 aliphatic rings. The van der Waals surface area contributed by atoms with Gasteiger partial charge in [0, 0.05) is 18.8 Å². The topological polar surface area (TPSA) is 79.3 Å². The second-order valence-corrected chi connectivity index (χ2v) is 4.71. The molecule has 1 amide bonds. The highest BCUT2D eigenvalue weighted by atomic mass is 16.4. The molecule has 5 nitrogen and oxygen atoms in total. The molecule has 1 aromatic carbocycles. The predicted octanol–water partition coefficient (Wildman–Crippen LogP) is 2.66. The lowest BCUT2D eigenvalue weighted by molar-refractivity contribution is -0.116. The Labute approximate surface area is 122 Å². The van der Waals surface area contributed by atoms with E-state index in [0.29, 0.717) is 17.7 Å². The summed E-state index contributed by atoms with van der Waals surface area (Å²) in [6, 6.07) is 8.73. The third kappa shape index (κ3) is 3.89. The molecule has 2 N–H and O–H groups in total. The van der Waals surface area contributed by atoms with Crippen LogP contribution in [0, 0.1) is 6.92 Å². The Morgan fingerprint density at radius 2 is 2.05 bits per heavy atom. The van der Waals surface area contributed by atoms with Crippen molar-refractivity contribution in [2.24, 2.45) is 0 Å². The number of aromatic carboxylic acids is 1. The van der Waals surface area contributed by atoms with Crippen molar-refractivity contribution in [2.75, 3.05) is 5.32 Å². The minimum absolute atomic E-state index is 0.132. The number of anilines is 1. The number of carbonyl (C=O) groups is 2. The van der Waals surface area contributed by atoms with Crippen LogP contribution in [0.1, 0.15) is 27.9 Å². The molecular formula is C16H16N2O3. The van der Waals surface area contributed by atoms with Crippen molar-refractivity contribution in [1.29, 1.82) is 0 Å². The molecule has 21 heavy (non-hydrogen) atoms. The van der Waals surface area contributed by atoms with E-state index < -0.39 is 5.97 Å². The number of nitrogens with one attached hydrogen (secondary N) is 1. The van der Waals surface area contributed by atoms with Gasteiger partial charge in [-0.15, -0.1) is 0 Å². The van der Waals surface area contributed by atoms with Gasteiger partial charge in [-0.2, -0.15) is 0 Å². The molecule has 2 rings (SSSR count). The van der Waals surface area contributed by atoms with Crippen LogP contribution in [0.15, 0.2) is 42.7 Å². The normalized spacial score (nSPS) is 10.1. The van der Waals surface area contributed by atoms with E-state index in [0.717, 1.165) is 5.56 Å². The Kier molecular flexibility index (Phi) is 4.66. The van der Waals surface area contributed by atoms with Crippen LogP contribution < -0.4 is 5.32 Å². The minimum Gasteiger partial charge on any atom is -0.478 e. The number of carboxylic acids is 1. The SMILES string of the molecule is Cc1cccc(NC(=O)CCc2cccnc2)c1C(=O)O. The van der Waals surface area contributed by atoms with Crippen LogP contribution in [0.25, 0.3) is 0 Å². The second kappa shape index (κ2) is 6.65. The van der Waals surface area contributed by atoms with Gasteiger partial charge in [-0.1, -0.05) is 18.2 Å². The summed E-state index contributed by atoms with van der Waals surface area (Å²) in [7, 11) is 0. The summed E-state index contributed by atoms with van der Waals surface area (Å²) >= 11 is 0. The lowest BCUT2D eigenvalue weighted by Gasteiger charge is -2.10. The van der Waals surface area contributed by atoms with E-state index >= 15 is 0 Å². The van der Waals surface area contributed by atoms with E-state index in [1.54, 1.807) is 37.5 Å². The zero-order chi connectivity index (χ0) is 15.2. The zero-order valence-corrected chi connectivity index (χ0v) is 11.7. The first-order chi connectivity index (χ1) is 10.1. The average molecular weight is 284 g/mol. The van der Waals surface area contributed by atoms with Gasteiger partial charge in [-0.05, 0) is 36.6 Å². The molecule has 0 aliphatic carbocycles. The highest BCUT2D eigenvalue weighted by Gasteiger charge is 2.14. The van der Waals surface area contributed by atoms with Crippen LogP contribution >= 0.6 is 0 Å². The number of pyridine rings is 1. The Morgan fingerprint density at radius 3 is 2.71 bits per heavy atom. The van der Waals surface area contributed by atoms with Crippen LogP contribution in [0.4, 0.5) is 5.69 Å². The average Bonchev–Trinajstić information content (AvgIpc) is 2.46. The van der Waals surface area contributed by atoms with E-state index in [2.05, 4.69) is 10.3 Å². The molecule has 5 heteroatoms. The quantitative estimate of drug-likeness (QED) is 0.884. The number of carbonyl (C=O) groups excluding carboxylic acids is 1. The number of aryl methyl sites for hydroxylation is 2. The Morgan fingerprint density at radius 1 is 1.24 bits per heavy atom. The summed E-state index contributed by atoms with van der Waals surface area (Å²) in [5, 5.41) is 11.9. The van der Waals surface area contributed by atoms with Crippen LogP contribution in [0.2, 0.25) is 0 Å². The number of benzene rings is 1. The monoisotopic (exact) mass is 284 g/mol. The van der Waals surface area contributed by atoms with Crippen molar-refractivity contribution in [1.82, 2.24) is 4.98 Å². The summed E-state index contributed by atoms with van der Waals surface area (Å²) in [5.74, 6) is -1.26. The van der Waals surface area contributed by atoms with Gasteiger partial charge in [0.2, 0.25) is 5.91 Å². The number of aromatic nitrogens is 1. The highest BCUT2D eigenvalue weighted by molar-refractivity contribution is 6.01. The number of rotatable bonds is 5. The molecule has 2 aromatic rings. The fraction of sp³-hybridized carbons (Fsp3) is 0.188. The largest absolute Gasteiger partial charge is 0.478 e. The second-order valence-electron chi connectivity index (χ2n) is 4.71. The van der Waals surface area contributed by atoms with Gasteiger partial charge in [0.25, 0.3) is 0 Å². The maximum Gasteiger partial charge on any atom is 0.338 e. The Bertz CT molecular complexity index is 654. The number of hydrogen-bond acceptors (Lipinski definition) is 3. The molecular weight excluding hydrogens is 268 g/mol. The van der Waals surface area contributed by atoms with Gasteiger partial charge < -0.3 is 10.4 Å². The molecule has 0 atom stereocenters. The van der Waals surface area contributed by atoms with Crippen molar-refractivity contribution in [3.05, 3.63) is 59.4 Å². The van der Waals surface area contributed by atoms with Gasteiger partial charge >= 0.3 is 5.97 Å². The van der Waals surface area contributed by atoms with Crippen molar-refractivity contribution in [2.45, 2.75) is 19.8 Å². The first-order valence-corrected chi connectivity index (χ1v) is 6.59. The van der Waals surface area contributed by atoms with Crippen LogP contribution in [-0.4, -0.2) is 22.0 Å². The summed E-state index contributed by atoms with van der Waals surface area (Å²) in [4.78, 5) is 27.2. The number of amides is 1. The third-order valence-corrected chi connectivity index (χ3v) is 3.12. The number of hydrogen-bond donors (Lipinski definition) is 2. The maximum atomic E-state index is 11.9. The highest BCUT2D eigenvalue weighted by Crippen LogP contribution is 2.19. The standard InChI is InChI=1S/C16H16N2O3/c1-11-4-2-6-13(15(11)16(20)21)18-14(19)8-7-12-5-3-9-17-10-12/h2-6,9-10H,7-8H2,1H3,(H,18,19)(H,20,21). The maximum absolute atomic E-state index is 11.9. The molecule has 0 saturated carbocycles. The zero-order valence-electron chi connectivity index (χ0n) is 11.7. The van der Waals surface area contributed by atoms with Gasteiger partial charge in [0.1, 0.15) is 0 Å². The van der Waals surface area contributed by atoms with Gasteiger partial charge in [0.05, 0.1) is 11.3 Å². The molecule has 0 aliphatic heterocycles. The summed E-state index contributed by atoms with van der Waals surface area (Å²) in [6.07, 6.45) is 4.23. The molecule has 0 unspecified atom stereocenters. The predicted molar refractivity (Wildman–Crippen MR) is 79.3 cm³/mol. The molecule has 108 valence electrons. The number of nitrogens with zero attached hydrogens (tertiary/aromatic N) is 1. The van der Waals surface area contributed by atoms with Crippen LogP contribution in [-0.2, 0) is 11.2 Å². The van der Waals surface area contributed by atoms with Crippen LogP contribution in [0.3, 0.4) is 0 Å². The summed E-state index contributed by atoms with van der Waals surface area (Å²) in [6.45, 7) is 1.70. The van der Waals surface area contributed by atoms with Crippen molar-refractivity contribution in [3.8, 4) is 0 Å². The molecule has 0 fully saturated rings. The molecule has 0 bridgehead atoms. The van der Waals surface area contributed by atoms with Gasteiger partial charge in [-0.25, -0.2) is 4.79 Å². The first kappa shape index (κ1) is 14.7. The minimum atomic E-state index is -1.05. The fourth-order valence-electron chi connectivity index (χ4n) is 2.07. The van der Waals surface area contributed by atoms with E-state index in [-0.39, 0.29) is 17.9 Å². The van der Waals surface area contributed by atoms with E-state index in [1.165, 1.54) is 0 Å². The first-order valence-electron chi connectivity index (χ1n) is 6.59. The third-order valence-electron chi connectivity index (χ3n) is 3.12. The summed E-state index contributed by atoms with van der Waals surface area (Å²) in [5.41, 5.74) is 2.05. The Balaban J connectivity index is 2.03. The molecule has 0 spiro atoms. The molecule has 1 aromatic heterocycles. The van der Waals surface area contributed by atoms with Gasteiger partial charge in [-0.3, -0.25) is 9.78 Å². The Hall–Kier alpha value is -2.69. The smallest absolute Gasteiger partial charge is 0.338 e. The van der Waals surface area contributed by atoms with Gasteiger partial charge in [0.15, 0.2) is 0 Å². The molecule has 1 heterocycles. The molecule has 0 radical (unpaired) electrons. The van der Waals surface area contributed by atoms with Crippen molar-refractivity contribution < 1.29 is 14.7 Å². The van der Waals surface area contributed by atoms with Crippen molar-refractivity contribution >= 4 is 17.6 Å². The fourth-order valence-corrected chi connectivity index (χ4v) is 2.07. The lowest BCUT2D eigenvalue weighted by Crippen LogP contribution is -2.16. The summed E-state index contributed by atoms with van der Waals surface area (Å²) < 4.78 is 0. The number of carboxylic acid groups (broad SMARTS) is 1. The van der Waals surface area contributed by atoms with Crippen LogP contribution in [0.5, 0.6) is 0 Å². The van der Waals surface area contributed by atoms with E-state index in [1.807, 2.05) is 12.1 Å².